The molecule has 3 heterocycles. The Bertz CT molecular complexity index is 867. The number of benzene rings is 1. The maximum absolute atomic E-state index is 12.9. The third-order valence-corrected chi connectivity index (χ3v) is 5.84. The van der Waals surface area contributed by atoms with Crippen molar-refractivity contribution in [2.45, 2.75) is 51.3 Å². The molecule has 1 saturated heterocycles. The minimum Gasteiger partial charge on any atom is -0.483 e. The van der Waals surface area contributed by atoms with E-state index in [2.05, 4.69) is 4.98 Å². The number of aromatic nitrogens is 2. The lowest BCUT2D eigenvalue weighted by atomic mass is 9.91. The largest absolute Gasteiger partial charge is 0.483 e. The van der Waals surface area contributed by atoms with E-state index < -0.39 is 5.60 Å². The van der Waals surface area contributed by atoms with Crippen molar-refractivity contribution in [3.63, 3.8) is 0 Å². The summed E-state index contributed by atoms with van der Waals surface area (Å²) >= 11 is 0. The number of hydrogen-bond donors (Lipinski definition) is 0. The molecule has 1 spiro atoms. The van der Waals surface area contributed by atoms with Gasteiger partial charge in [-0.1, -0.05) is 18.2 Å². The number of ether oxygens (including phenoxy) is 1. The van der Waals surface area contributed by atoms with E-state index in [9.17, 15) is 9.59 Å². The number of likely N-dealkylation sites (tertiary alicyclic amines) is 1. The number of nitrogens with zero attached hydrogens (tertiary/aromatic N) is 4. The molecule has 1 aromatic heterocycles. The van der Waals surface area contributed by atoms with Gasteiger partial charge in [-0.05, 0) is 25.3 Å². The summed E-state index contributed by atoms with van der Waals surface area (Å²) < 4.78 is 8.50. The smallest absolute Gasteiger partial charge is 0.222 e. The Morgan fingerprint density at radius 3 is 2.83 bits per heavy atom. The number of rotatable bonds is 4. The lowest BCUT2D eigenvalue weighted by Crippen LogP contribution is -2.58. The average molecular weight is 396 g/mol. The van der Waals surface area contributed by atoms with Crippen molar-refractivity contribution in [1.29, 1.82) is 0 Å². The van der Waals surface area contributed by atoms with E-state index in [1.54, 1.807) is 19.4 Å². The highest BCUT2D eigenvalue weighted by Crippen LogP contribution is 2.35. The Kier molecular flexibility index (Phi) is 5.56. The molecule has 2 amide bonds. The Morgan fingerprint density at radius 2 is 2.03 bits per heavy atom. The molecule has 1 atom stereocenters. The lowest BCUT2D eigenvalue weighted by molar-refractivity contribution is -0.140. The molecule has 7 nitrogen and oxygen atoms in total. The van der Waals surface area contributed by atoms with Crippen molar-refractivity contribution in [2.24, 2.45) is 0 Å². The fraction of sp³-hybridized carbons (Fsp3) is 0.500. The number of aryl methyl sites for hydroxylation is 1. The average Bonchev–Trinajstić information content (AvgIpc) is 3.16. The molecule has 1 fully saturated rings. The molecule has 154 valence electrons. The first-order valence-corrected chi connectivity index (χ1v) is 10.3. The number of fused-ring (bicyclic) bond motifs is 1. The molecule has 0 bridgehead atoms. The number of carbonyl (C=O) groups is 2. The predicted molar refractivity (Wildman–Crippen MR) is 108 cm³/mol. The summed E-state index contributed by atoms with van der Waals surface area (Å²) in [5.41, 5.74) is 0.472. The van der Waals surface area contributed by atoms with Crippen LogP contribution < -0.4 is 4.74 Å². The molecule has 2 aliphatic heterocycles. The zero-order chi connectivity index (χ0) is 20.3. The molecule has 1 aromatic carbocycles. The number of para-hydroxylation sites is 1. The van der Waals surface area contributed by atoms with E-state index in [0.29, 0.717) is 26.1 Å². The van der Waals surface area contributed by atoms with Gasteiger partial charge in [-0.3, -0.25) is 9.59 Å². The van der Waals surface area contributed by atoms with Crippen molar-refractivity contribution in [1.82, 2.24) is 19.4 Å². The van der Waals surface area contributed by atoms with E-state index in [1.165, 1.54) is 0 Å². The maximum atomic E-state index is 12.9. The van der Waals surface area contributed by atoms with Crippen LogP contribution in [0.5, 0.6) is 5.75 Å². The molecule has 29 heavy (non-hydrogen) atoms. The van der Waals surface area contributed by atoms with Gasteiger partial charge in [0.25, 0.3) is 0 Å². The molecule has 0 saturated carbocycles. The molecule has 7 heteroatoms. The van der Waals surface area contributed by atoms with E-state index >= 15 is 0 Å². The first-order chi connectivity index (χ1) is 14.0. The number of carbonyl (C=O) groups excluding carboxylic acids is 2. The second-order valence-electron chi connectivity index (χ2n) is 8.09. The van der Waals surface area contributed by atoms with Gasteiger partial charge in [-0.25, -0.2) is 4.98 Å². The normalized spacial score (nSPS) is 21.4. The van der Waals surface area contributed by atoms with Gasteiger partial charge in [-0.2, -0.15) is 0 Å². The SMILES string of the molecule is CC(=O)N1Cc2ccccc2OC2(CCCN(C(=O)CCCn3ccnc3)C2)C1. The van der Waals surface area contributed by atoms with Crippen molar-refractivity contribution >= 4 is 11.8 Å². The standard InChI is InChI=1S/C22H28N4O3/c1-18(27)26-14-19-6-2-3-7-20(19)29-22(16-26)9-5-12-25(15-22)21(28)8-4-11-24-13-10-23-17-24/h2-3,6-7,10,13,17H,4-5,8-9,11-12,14-16H2,1H3. The lowest BCUT2D eigenvalue weighted by Gasteiger charge is -2.43. The van der Waals surface area contributed by atoms with E-state index in [-0.39, 0.29) is 11.8 Å². The van der Waals surface area contributed by atoms with Gasteiger partial charge >= 0.3 is 0 Å². The highest BCUT2D eigenvalue weighted by molar-refractivity contribution is 5.76. The van der Waals surface area contributed by atoms with Crippen molar-refractivity contribution < 1.29 is 14.3 Å². The fourth-order valence-electron chi connectivity index (χ4n) is 4.34. The summed E-state index contributed by atoms with van der Waals surface area (Å²) in [4.78, 5) is 32.9. The van der Waals surface area contributed by atoms with Crippen molar-refractivity contribution in [2.75, 3.05) is 19.6 Å². The minimum atomic E-state index is -0.545. The molecule has 4 rings (SSSR count). The zero-order valence-corrected chi connectivity index (χ0v) is 16.9. The number of imidazole rings is 1. The van der Waals surface area contributed by atoms with Gasteiger partial charge in [0.1, 0.15) is 11.4 Å². The predicted octanol–water partition coefficient (Wildman–Crippen LogP) is 2.47. The third-order valence-electron chi connectivity index (χ3n) is 5.84. The Balaban J connectivity index is 1.46. The molecular weight excluding hydrogens is 368 g/mol. The molecular formula is C22H28N4O3. The van der Waals surface area contributed by atoms with Crippen molar-refractivity contribution in [3.8, 4) is 5.75 Å². The molecule has 0 aliphatic carbocycles. The van der Waals surface area contributed by atoms with Crippen LogP contribution in [0.3, 0.4) is 0 Å². The van der Waals surface area contributed by atoms with E-state index in [0.717, 1.165) is 43.7 Å². The Hall–Kier alpha value is -2.83. The topological polar surface area (TPSA) is 67.7 Å². The van der Waals surface area contributed by atoms with Crippen LogP contribution in [0.2, 0.25) is 0 Å². The quantitative estimate of drug-likeness (QED) is 0.796. The monoisotopic (exact) mass is 396 g/mol. The maximum Gasteiger partial charge on any atom is 0.222 e. The summed E-state index contributed by atoms with van der Waals surface area (Å²) in [5.74, 6) is 1.01. The van der Waals surface area contributed by atoms with Crippen LogP contribution in [0.15, 0.2) is 43.0 Å². The van der Waals surface area contributed by atoms with Crippen LogP contribution in [0.1, 0.15) is 38.2 Å². The highest BCUT2D eigenvalue weighted by atomic mass is 16.5. The Labute approximate surface area is 171 Å². The number of amides is 2. The van der Waals surface area contributed by atoms with Crippen LogP contribution in [0.4, 0.5) is 0 Å². The summed E-state index contributed by atoms with van der Waals surface area (Å²) in [5, 5.41) is 0. The fourth-order valence-corrected chi connectivity index (χ4v) is 4.34. The Morgan fingerprint density at radius 1 is 1.21 bits per heavy atom. The van der Waals surface area contributed by atoms with Gasteiger partial charge in [0.15, 0.2) is 0 Å². The molecule has 0 N–H and O–H groups in total. The molecule has 1 unspecified atom stereocenters. The van der Waals surface area contributed by atoms with Crippen LogP contribution in [0.25, 0.3) is 0 Å². The van der Waals surface area contributed by atoms with Crippen LogP contribution in [0, 0.1) is 0 Å². The first-order valence-electron chi connectivity index (χ1n) is 10.3. The van der Waals surface area contributed by atoms with Gasteiger partial charge in [0.05, 0.1) is 19.4 Å². The molecule has 0 radical (unpaired) electrons. The summed E-state index contributed by atoms with van der Waals surface area (Å²) in [6.45, 7) is 4.71. The van der Waals surface area contributed by atoms with Crippen LogP contribution >= 0.6 is 0 Å². The van der Waals surface area contributed by atoms with Crippen molar-refractivity contribution in [3.05, 3.63) is 48.5 Å². The molecule has 2 aromatic rings. The van der Waals surface area contributed by atoms with Crippen LogP contribution in [-0.2, 0) is 22.7 Å². The zero-order valence-electron chi connectivity index (χ0n) is 16.9. The van der Waals surface area contributed by atoms with E-state index in [4.69, 9.17) is 4.74 Å². The number of hydrogen-bond acceptors (Lipinski definition) is 4. The van der Waals surface area contributed by atoms with E-state index in [1.807, 2.05) is 44.8 Å². The minimum absolute atomic E-state index is 0.0356. The third kappa shape index (κ3) is 4.44. The van der Waals surface area contributed by atoms with Gasteiger partial charge in [-0.15, -0.1) is 0 Å². The number of piperidine rings is 1. The second kappa shape index (κ2) is 8.27. The summed E-state index contributed by atoms with van der Waals surface area (Å²) in [7, 11) is 0. The highest BCUT2D eigenvalue weighted by Gasteiger charge is 2.43. The van der Waals surface area contributed by atoms with Gasteiger partial charge in [0.2, 0.25) is 11.8 Å². The first kappa shape index (κ1) is 19.5. The summed E-state index contributed by atoms with van der Waals surface area (Å²) in [6.07, 6.45) is 8.42. The van der Waals surface area contributed by atoms with Crippen LogP contribution in [-0.4, -0.2) is 56.4 Å². The van der Waals surface area contributed by atoms with Gasteiger partial charge in [0, 0.05) is 50.9 Å². The summed E-state index contributed by atoms with van der Waals surface area (Å²) in [6, 6.07) is 7.89. The molecule has 2 aliphatic rings. The van der Waals surface area contributed by atoms with Gasteiger partial charge < -0.3 is 19.1 Å². The second-order valence-corrected chi connectivity index (χ2v) is 8.09.